The van der Waals surface area contributed by atoms with Gasteiger partial charge in [0.05, 0.1) is 0 Å². The van der Waals surface area contributed by atoms with Gasteiger partial charge in [0, 0.05) is 24.2 Å². The molecule has 0 unspecified atom stereocenters. The number of anilines is 1. The molecule has 0 aliphatic heterocycles. The van der Waals surface area contributed by atoms with Crippen LogP contribution in [0.5, 0.6) is 0 Å². The van der Waals surface area contributed by atoms with Gasteiger partial charge in [0.1, 0.15) is 0 Å². The summed E-state index contributed by atoms with van der Waals surface area (Å²) in [6.07, 6.45) is 2.59. The molecule has 0 amide bonds. The zero-order valence-electron chi connectivity index (χ0n) is 11.6. The van der Waals surface area contributed by atoms with Gasteiger partial charge in [-0.1, -0.05) is 31.2 Å². The first-order chi connectivity index (χ1) is 8.55. The van der Waals surface area contributed by atoms with Crippen LogP contribution in [0.4, 0.5) is 5.69 Å². The van der Waals surface area contributed by atoms with E-state index >= 15 is 0 Å². The van der Waals surface area contributed by atoms with Gasteiger partial charge in [0.15, 0.2) is 0 Å². The average molecular weight is 244 g/mol. The Labute approximate surface area is 110 Å². The van der Waals surface area contributed by atoms with Gasteiger partial charge >= 0.3 is 0 Å². The first kappa shape index (κ1) is 13.2. The number of likely N-dealkylation sites (N-methyl/N-ethyl adjacent to an activating group) is 1. The molecule has 0 radical (unpaired) electrons. The lowest BCUT2D eigenvalue weighted by Gasteiger charge is -2.27. The first-order valence-corrected chi connectivity index (χ1v) is 6.78. The molecule has 1 aliphatic rings. The van der Waals surface area contributed by atoms with Crippen molar-refractivity contribution < 1.29 is 0 Å². The summed E-state index contributed by atoms with van der Waals surface area (Å²) >= 11 is 0. The predicted octanol–water partition coefficient (Wildman–Crippen LogP) is 3.20. The van der Waals surface area contributed by atoms with Gasteiger partial charge in [0.25, 0.3) is 0 Å². The Morgan fingerprint density at radius 1 is 1.33 bits per heavy atom. The zero-order valence-corrected chi connectivity index (χ0v) is 11.6. The van der Waals surface area contributed by atoms with E-state index in [9.17, 15) is 0 Å². The van der Waals surface area contributed by atoms with Crippen molar-refractivity contribution in [3.05, 3.63) is 42.0 Å². The highest BCUT2D eigenvalue weighted by atomic mass is 15.1. The molecule has 1 saturated carbocycles. The lowest BCUT2D eigenvalue weighted by atomic mass is 9.95. The van der Waals surface area contributed by atoms with Crippen LogP contribution in [0, 0.1) is 0 Å². The van der Waals surface area contributed by atoms with Crippen molar-refractivity contribution in [2.45, 2.75) is 32.1 Å². The van der Waals surface area contributed by atoms with E-state index in [1.807, 2.05) is 12.1 Å². The van der Waals surface area contributed by atoms with E-state index in [0.717, 1.165) is 25.3 Å². The Morgan fingerprint density at radius 3 is 2.39 bits per heavy atom. The minimum atomic E-state index is 0.374. The molecule has 1 aromatic rings. The lowest BCUT2D eigenvalue weighted by molar-refractivity contribution is 0.282. The highest BCUT2D eigenvalue weighted by Crippen LogP contribution is 2.48. The van der Waals surface area contributed by atoms with E-state index in [1.54, 1.807) is 0 Å². The van der Waals surface area contributed by atoms with Gasteiger partial charge in [-0.3, -0.25) is 4.90 Å². The van der Waals surface area contributed by atoms with Crippen LogP contribution in [0.3, 0.4) is 0 Å². The Bertz CT molecular complexity index is 415. The summed E-state index contributed by atoms with van der Waals surface area (Å²) in [4.78, 5) is 2.49. The third-order valence-electron chi connectivity index (χ3n) is 3.84. The number of hydrogen-bond acceptors (Lipinski definition) is 2. The number of nitrogens with zero attached hydrogens (tertiary/aromatic N) is 1. The van der Waals surface area contributed by atoms with Gasteiger partial charge in [-0.15, -0.1) is 0 Å². The SMILES string of the molecule is C=C(C)CN(CC)CC1(c2ccc(N)cc2)CC1. The molecule has 1 fully saturated rings. The monoisotopic (exact) mass is 244 g/mol. The van der Waals surface area contributed by atoms with Gasteiger partial charge in [-0.2, -0.15) is 0 Å². The second-order valence-electron chi connectivity index (χ2n) is 5.66. The molecule has 1 aliphatic carbocycles. The van der Waals surface area contributed by atoms with Gasteiger partial charge in [-0.25, -0.2) is 0 Å². The van der Waals surface area contributed by atoms with Crippen molar-refractivity contribution in [2.24, 2.45) is 0 Å². The maximum Gasteiger partial charge on any atom is 0.0314 e. The zero-order chi connectivity index (χ0) is 13.2. The number of nitrogen functional groups attached to an aromatic ring is 1. The maximum atomic E-state index is 5.76. The second kappa shape index (κ2) is 5.15. The van der Waals surface area contributed by atoms with Crippen LogP contribution in [-0.4, -0.2) is 24.5 Å². The van der Waals surface area contributed by atoms with Gasteiger partial charge < -0.3 is 5.73 Å². The van der Waals surface area contributed by atoms with Crippen molar-refractivity contribution in [2.75, 3.05) is 25.4 Å². The molecule has 1 aromatic carbocycles. The normalized spacial score (nSPS) is 16.8. The van der Waals surface area contributed by atoms with Crippen LogP contribution in [0.1, 0.15) is 32.3 Å². The third-order valence-corrected chi connectivity index (χ3v) is 3.84. The van der Waals surface area contributed by atoms with E-state index in [0.29, 0.717) is 5.41 Å². The molecule has 0 atom stereocenters. The highest BCUT2D eigenvalue weighted by molar-refractivity contribution is 5.43. The Hall–Kier alpha value is -1.28. The van der Waals surface area contributed by atoms with Crippen molar-refractivity contribution in [1.82, 2.24) is 4.90 Å². The molecule has 0 aromatic heterocycles. The van der Waals surface area contributed by atoms with Crippen LogP contribution >= 0.6 is 0 Å². The number of nitrogens with two attached hydrogens (primary N) is 1. The lowest BCUT2D eigenvalue weighted by Crippen LogP contribution is -2.33. The summed E-state index contributed by atoms with van der Waals surface area (Å²) in [7, 11) is 0. The fraction of sp³-hybridized carbons (Fsp3) is 0.500. The third kappa shape index (κ3) is 2.94. The molecule has 2 rings (SSSR count). The summed E-state index contributed by atoms with van der Waals surface area (Å²) in [6, 6.07) is 8.42. The molecule has 2 N–H and O–H groups in total. The van der Waals surface area contributed by atoms with Crippen LogP contribution < -0.4 is 5.73 Å². The highest BCUT2D eigenvalue weighted by Gasteiger charge is 2.44. The summed E-state index contributed by atoms with van der Waals surface area (Å²) in [5, 5.41) is 0. The first-order valence-electron chi connectivity index (χ1n) is 6.78. The number of rotatable bonds is 6. The standard InChI is InChI=1S/C16H24N2/c1-4-18(11-13(2)3)12-16(9-10-16)14-5-7-15(17)8-6-14/h5-8H,2,4,9-12,17H2,1,3H3. The Morgan fingerprint density at radius 2 is 1.94 bits per heavy atom. The van der Waals surface area contributed by atoms with Crippen molar-refractivity contribution in [3.8, 4) is 0 Å². The van der Waals surface area contributed by atoms with E-state index in [2.05, 4.69) is 37.5 Å². The van der Waals surface area contributed by atoms with Crippen molar-refractivity contribution in [1.29, 1.82) is 0 Å². The van der Waals surface area contributed by atoms with Crippen LogP contribution in [0.2, 0.25) is 0 Å². The molecule has 2 nitrogen and oxygen atoms in total. The van der Waals surface area contributed by atoms with Crippen molar-refractivity contribution in [3.63, 3.8) is 0 Å². The van der Waals surface area contributed by atoms with E-state index in [1.165, 1.54) is 24.0 Å². The molecular formula is C16H24N2. The van der Waals surface area contributed by atoms with E-state index in [-0.39, 0.29) is 0 Å². The number of benzene rings is 1. The predicted molar refractivity (Wildman–Crippen MR) is 78.7 cm³/mol. The molecule has 0 spiro atoms. The Kier molecular flexibility index (Phi) is 3.76. The fourth-order valence-electron chi connectivity index (χ4n) is 2.61. The molecule has 0 heterocycles. The number of hydrogen-bond donors (Lipinski definition) is 1. The Balaban J connectivity index is 2.07. The summed E-state index contributed by atoms with van der Waals surface area (Å²) in [5.41, 5.74) is 9.67. The fourth-order valence-corrected chi connectivity index (χ4v) is 2.61. The van der Waals surface area contributed by atoms with Crippen molar-refractivity contribution >= 4 is 5.69 Å². The molecule has 0 bridgehead atoms. The van der Waals surface area contributed by atoms with Gasteiger partial charge in [0.2, 0.25) is 0 Å². The minimum absolute atomic E-state index is 0.374. The molecule has 18 heavy (non-hydrogen) atoms. The second-order valence-corrected chi connectivity index (χ2v) is 5.66. The maximum absolute atomic E-state index is 5.76. The van der Waals surface area contributed by atoms with E-state index < -0.39 is 0 Å². The minimum Gasteiger partial charge on any atom is -0.399 e. The van der Waals surface area contributed by atoms with Crippen LogP contribution in [0.25, 0.3) is 0 Å². The largest absolute Gasteiger partial charge is 0.399 e. The van der Waals surface area contributed by atoms with E-state index in [4.69, 9.17) is 5.73 Å². The quantitative estimate of drug-likeness (QED) is 0.615. The summed E-state index contributed by atoms with van der Waals surface area (Å²) in [5.74, 6) is 0. The summed E-state index contributed by atoms with van der Waals surface area (Å²) in [6.45, 7) is 11.6. The van der Waals surface area contributed by atoms with Crippen LogP contribution in [-0.2, 0) is 5.41 Å². The average Bonchev–Trinajstić information content (AvgIpc) is 3.09. The molecular weight excluding hydrogens is 220 g/mol. The summed E-state index contributed by atoms with van der Waals surface area (Å²) < 4.78 is 0. The van der Waals surface area contributed by atoms with Gasteiger partial charge in [-0.05, 0) is 44.0 Å². The molecule has 0 saturated heterocycles. The topological polar surface area (TPSA) is 29.3 Å². The molecule has 2 heteroatoms. The smallest absolute Gasteiger partial charge is 0.0314 e. The molecule has 98 valence electrons. The van der Waals surface area contributed by atoms with Crippen LogP contribution in [0.15, 0.2) is 36.4 Å².